The molecule has 1 N–H and O–H groups in total. The van der Waals surface area contributed by atoms with Crippen molar-refractivity contribution in [1.29, 1.82) is 0 Å². The van der Waals surface area contributed by atoms with Crippen LogP contribution in [0.3, 0.4) is 0 Å². The zero-order chi connectivity index (χ0) is 15.6. The normalized spacial score (nSPS) is 24.6. The zero-order valence-electron chi connectivity index (χ0n) is 12.3. The van der Waals surface area contributed by atoms with Crippen LogP contribution in [-0.4, -0.2) is 31.1 Å². The Morgan fingerprint density at radius 1 is 1.38 bits per heavy atom. The Hall–Kier alpha value is -0.780. The maximum Gasteiger partial charge on any atom is 0.150 e. The molecule has 2 rings (SSSR count). The Balaban J connectivity index is 2.08. The third-order valence-corrected chi connectivity index (χ3v) is 5.85. The van der Waals surface area contributed by atoms with Gasteiger partial charge in [0.05, 0.1) is 16.4 Å². The monoisotopic (exact) mass is 332 g/mol. The molecule has 4 nitrogen and oxygen atoms in total. The molecular formula is C15H21ClO4S. The Labute approximate surface area is 131 Å². The van der Waals surface area contributed by atoms with Gasteiger partial charge in [-0.15, -0.1) is 0 Å². The van der Waals surface area contributed by atoms with E-state index < -0.39 is 15.9 Å². The van der Waals surface area contributed by atoms with Crippen molar-refractivity contribution in [3.63, 3.8) is 0 Å². The van der Waals surface area contributed by atoms with Gasteiger partial charge in [0, 0.05) is 12.7 Å². The molecule has 1 fully saturated rings. The predicted molar refractivity (Wildman–Crippen MR) is 83.6 cm³/mol. The Morgan fingerprint density at radius 3 is 2.67 bits per heavy atom. The van der Waals surface area contributed by atoms with Crippen LogP contribution in [0.25, 0.3) is 0 Å². The first kappa shape index (κ1) is 16.6. The average molecular weight is 333 g/mol. The van der Waals surface area contributed by atoms with Gasteiger partial charge >= 0.3 is 0 Å². The molecule has 118 valence electrons. The highest BCUT2D eigenvalue weighted by Crippen LogP contribution is 2.32. The van der Waals surface area contributed by atoms with Crippen molar-refractivity contribution in [3.05, 3.63) is 28.8 Å². The molecule has 0 radical (unpaired) electrons. The summed E-state index contributed by atoms with van der Waals surface area (Å²) in [6.07, 6.45) is 3.45. The highest BCUT2D eigenvalue weighted by atomic mass is 35.5. The van der Waals surface area contributed by atoms with Crippen molar-refractivity contribution in [1.82, 2.24) is 0 Å². The molecule has 1 aromatic rings. The maximum absolute atomic E-state index is 11.7. The number of aliphatic hydroxyl groups is 1. The van der Waals surface area contributed by atoms with E-state index in [9.17, 15) is 13.5 Å². The van der Waals surface area contributed by atoms with Crippen LogP contribution in [0, 0.1) is 0 Å². The summed E-state index contributed by atoms with van der Waals surface area (Å²) >= 11 is 6.16. The third-order valence-electron chi connectivity index (χ3n) is 3.92. The molecule has 0 bridgehead atoms. The summed E-state index contributed by atoms with van der Waals surface area (Å²) < 4.78 is 29.2. The number of aliphatic hydroxyl groups excluding tert-OH is 1. The lowest BCUT2D eigenvalue weighted by atomic mass is 9.97. The number of sulfone groups is 1. The van der Waals surface area contributed by atoms with Gasteiger partial charge in [0.1, 0.15) is 21.7 Å². The van der Waals surface area contributed by atoms with E-state index in [-0.39, 0.29) is 11.4 Å². The van der Waals surface area contributed by atoms with E-state index in [1.165, 1.54) is 6.26 Å². The highest BCUT2D eigenvalue weighted by molar-refractivity contribution is 7.91. The van der Waals surface area contributed by atoms with Gasteiger partial charge in [-0.3, -0.25) is 0 Å². The minimum absolute atomic E-state index is 0.131. The summed E-state index contributed by atoms with van der Waals surface area (Å²) in [5.41, 5.74) is 0.727. The smallest absolute Gasteiger partial charge is 0.150 e. The van der Waals surface area contributed by atoms with Crippen LogP contribution in [0.2, 0.25) is 5.02 Å². The van der Waals surface area contributed by atoms with Gasteiger partial charge in [0.15, 0.2) is 0 Å². The predicted octanol–water partition coefficient (Wildman–Crippen LogP) is 3.13. The lowest BCUT2D eigenvalue weighted by molar-refractivity contribution is 0.156. The van der Waals surface area contributed by atoms with E-state index >= 15 is 0 Å². The van der Waals surface area contributed by atoms with E-state index in [0.717, 1.165) is 18.4 Å². The lowest BCUT2D eigenvalue weighted by Crippen LogP contribution is -2.33. The lowest BCUT2D eigenvalue weighted by Gasteiger charge is -2.28. The number of ether oxygens (including phenoxy) is 1. The van der Waals surface area contributed by atoms with Crippen LogP contribution in [0.15, 0.2) is 18.2 Å². The molecule has 0 aliphatic heterocycles. The average Bonchev–Trinajstić information content (AvgIpc) is 2.40. The number of halogens is 1. The van der Waals surface area contributed by atoms with Gasteiger partial charge in [0.2, 0.25) is 0 Å². The van der Waals surface area contributed by atoms with E-state index in [1.807, 2.05) is 0 Å². The van der Waals surface area contributed by atoms with Crippen molar-refractivity contribution in [2.75, 3.05) is 6.26 Å². The molecule has 0 spiro atoms. The Morgan fingerprint density at radius 2 is 2.10 bits per heavy atom. The van der Waals surface area contributed by atoms with Crippen molar-refractivity contribution in [3.8, 4) is 5.75 Å². The second-order valence-electron chi connectivity index (χ2n) is 5.72. The van der Waals surface area contributed by atoms with Gasteiger partial charge in [-0.2, -0.15) is 0 Å². The number of rotatable bonds is 4. The summed E-state index contributed by atoms with van der Waals surface area (Å²) in [6.45, 7) is 1.67. The maximum atomic E-state index is 11.7. The second-order valence-corrected chi connectivity index (χ2v) is 8.46. The zero-order valence-corrected chi connectivity index (χ0v) is 13.8. The second kappa shape index (κ2) is 6.55. The van der Waals surface area contributed by atoms with Gasteiger partial charge in [-0.25, -0.2) is 8.42 Å². The van der Waals surface area contributed by atoms with Crippen LogP contribution in [0.5, 0.6) is 5.75 Å². The van der Waals surface area contributed by atoms with Crippen molar-refractivity contribution in [2.45, 2.75) is 50.1 Å². The molecule has 6 heteroatoms. The number of hydrogen-bond donors (Lipinski definition) is 1. The van der Waals surface area contributed by atoms with Crippen molar-refractivity contribution >= 4 is 21.4 Å². The standard InChI is InChI=1S/C15H21ClO4S/c1-10(17)11-6-7-15(14(16)8-11)20-12-4-3-5-13(9-12)21(2,18)19/h6-8,10,12-13,17H,3-5,9H2,1-2H3/t10-,12?,13?/m0/s1. The SMILES string of the molecule is C[C@H](O)c1ccc(OC2CCCC(S(C)(=O)=O)C2)c(Cl)c1. The molecule has 2 unspecified atom stereocenters. The van der Waals surface area contributed by atoms with E-state index in [2.05, 4.69) is 0 Å². The van der Waals surface area contributed by atoms with Crippen molar-refractivity contribution < 1.29 is 18.3 Å². The highest BCUT2D eigenvalue weighted by Gasteiger charge is 2.30. The van der Waals surface area contributed by atoms with Crippen LogP contribution in [0.1, 0.15) is 44.3 Å². The van der Waals surface area contributed by atoms with E-state index in [4.69, 9.17) is 16.3 Å². The summed E-state index contributed by atoms with van der Waals surface area (Å²) in [5, 5.41) is 9.63. The molecule has 3 atom stereocenters. The number of hydrogen-bond acceptors (Lipinski definition) is 4. The summed E-state index contributed by atoms with van der Waals surface area (Å²) in [6, 6.07) is 5.18. The topological polar surface area (TPSA) is 63.6 Å². The van der Waals surface area contributed by atoms with E-state index in [0.29, 0.717) is 23.6 Å². The van der Waals surface area contributed by atoms with Crippen LogP contribution in [0.4, 0.5) is 0 Å². The molecule has 21 heavy (non-hydrogen) atoms. The van der Waals surface area contributed by atoms with Gasteiger partial charge in [-0.05, 0) is 43.9 Å². The molecule has 1 aliphatic carbocycles. The largest absolute Gasteiger partial charge is 0.489 e. The molecular weight excluding hydrogens is 312 g/mol. The Kier molecular flexibility index (Phi) is 5.17. The molecule has 1 aliphatic rings. The molecule has 1 aromatic carbocycles. The van der Waals surface area contributed by atoms with Gasteiger partial charge in [-0.1, -0.05) is 17.7 Å². The minimum Gasteiger partial charge on any atom is -0.489 e. The summed E-state index contributed by atoms with van der Waals surface area (Å²) in [5.74, 6) is 0.542. The molecule has 0 saturated heterocycles. The fraction of sp³-hybridized carbons (Fsp3) is 0.600. The molecule has 0 heterocycles. The minimum atomic E-state index is -3.03. The first-order valence-electron chi connectivity index (χ1n) is 7.10. The molecule has 1 saturated carbocycles. The molecule has 0 aromatic heterocycles. The van der Waals surface area contributed by atoms with Crippen LogP contribution >= 0.6 is 11.6 Å². The fourth-order valence-electron chi connectivity index (χ4n) is 2.65. The first-order valence-corrected chi connectivity index (χ1v) is 9.43. The summed E-state index contributed by atoms with van der Waals surface area (Å²) in [7, 11) is -3.03. The van der Waals surface area contributed by atoms with Crippen molar-refractivity contribution in [2.24, 2.45) is 0 Å². The third kappa shape index (κ3) is 4.34. The quantitative estimate of drug-likeness (QED) is 0.920. The number of benzene rings is 1. The van der Waals surface area contributed by atoms with E-state index in [1.54, 1.807) is 25.1 Å². The Bertz CT molecular complexity index is 598. The van der Waals surface area contributed by atoms with Gasteiger partial charge < -0.3 is 9.84 Å². The fourth-order valence-corrected chi connectivity index (χ4v) is 4.04. The van der Waals surface area contributed by atoms with Crippen LogP contribution in [-0.2, 0) is 9.84 Å². The van der Waals surface area contributed by atoms with Crippen LogP contribution < -0.4 is 4.74 Å². The summed E-state index contributed by atoms with van der Waals surface area (Å²) in [4.78, 5) is 0. The molecule has 0 amide bonds. The van der Waals surface area contributed by atoms with Gasteiger partial charge in [0.25, 0.3) is 0 Å². The first-order chi connectivity index (χ1) is 9.77.